The van der Waals surface area contributed by atoms with E-state index in [4.69, 9.17) is 14.8 Å². The fourth-order valence-electron chi connectivity index (χ4n) is 6.62. The summed E-state index contributed by atoms with van der Waals surface area (Å²) in [7, 11) is -4.32. The van der Waals surface area contributed by atoms with Gasteiger partial charge < -0.3 is 21.1 Å². The molecule has 0 aliphatic rings. The minimum atomic E-state index is -4.32. The smallest absolute Gasteiger partial charge is 0.391 e. The first-order chi connectivity index (χ1) is 26.4. The first kappa shape index (κ1) is 52.7. The van der Waals surface area contributed by atoms with E-state index in [2.05, 4.69) is 55.6 Å². The lowest BCUT2D eigenvalue weighted by molar-refractivity contribution is -0.123. The zero-order chi connectivity index (χ0) is 39.6. The number of hydrogen-bond acceptors (Lipinski definition) is 6. The van der Waals surface area contributed by atoms with Gasteiger partial charge in [0.2, 0.25) is 5.91 Å². The molecule has 0 bridgehead atoms. The Morgan fingerprint density at radius 2 is 1.07 bits per heavy atom. The van der Waals surface area contributed by atoms with Gasteiger partial charge in [0.1, 0.15) is 0 Å². The van der Waals surface area contributed by atoms with Gasteiger partial charge >= 0.3 is 7.82 Å². The van der Waals surface area contributed by atoms with Crippen LogP contribution in [0.5, 0.6) is 0 Å². The van der Waals surface area contributed by atoms with E-state index in [0.717, 1.165) is 77.0 Å². The van der Waals surface area contributed by atoms with Gasteiger partial charge in [-0.2, -0.15) is 0 Å². The van der Waals surface area contributed by atoms with E-state index in [0.29, 0.717) is 12.8 Å². The first-order valence-electron chi connectivity index (χ1n) is 22.6. The zero-order valence-corrected chi connectivity index (χ0v) is 36.1. The van der Waals surface area contributed by atoms with Crippen LogP contribution in [0.3, 0.4) is 0 Å². The third-order valence-electron chi connectivity index (χ3n) is 10.0. The van der Waals surface area contributed by atoms with Crippen LogP contribution >= 0.6 is 7.82 Å². The predicted molar refractivity (Wildman–Crippen MR) is 231 cm³/mol. The molecule has 0 aliphatic heterocycles. The van der Waals surface area contributed by atoms with E-state index in [1.54, 1.807) is 0 Å². The lowest BCUT2D eigenvalue weighted by Gasteiger charge is -2.25. The van der Waals surface area contributed by atoms with Crippen LogP contribution in [0.1, 0.15) is 213 Å². The van der Waals surface area contributed by atoms with Gasteiger partial charge in [0.15, 0.2) is 0 Å². The van der Waals surface area contributed by atoms with Gasteiger partial charge in [-0.3, -0.25) is 13.8 Å². The second-order valence-corrected chi connectivity index (χ2v) is 16.7. The number of amides is 1. The molecule has 3 unspecified atom stereocenters. The monoisotopic (exact) mass is 783 g/mol. The van der Waals surface area contributed by atoms with Crippen molar-refractivity contribution < 1.29 is 28.4 Å². The van der Waals surface area contributed by atoms with Crippen molar-refractivity contribution in [3.05, 3.63) is 36.5 Å². The molecule has 5 N–H and O–H groups in total. The molecule has 8 nitrogen and oxygen atoms in total. The Kier molecular flexibility index (Phi) is 40.4. The third-order valence-corrected chi connectivity index (χ3v) is 11.0. The topological polar surface area (TPSA) is 131 Å². The summed E-state index contributed by atoms with van der Waals surface area (Å²) in [4.78, 5) is 22.7. The summed E-state index contributed by atoms with van der Waals surface area (Å²) in [5.74, 6) is -0.178. The van der Waals surface area contributed by atoms with E-state index in [1.165, 1.54) is 109 Å². The molecule has 318 valence electrons. The van der Waals surface area contributed by atoms with Crippen LogP contribution in [-0.4, -0.2) is 47.8 Å². The highest BCUT2D eigenvalue weighted by Gasteiger charge is 2.27. The summed E-state index contributed by atoms with van der Waals surface area (Å²) >= 11 is 0. The number of nitrogens with one attached hydrogen (secondary N) is 1. The van der Waals surface area contributed by atoms with E-state index in [9.17, 15) is 19.4 Å². The number of unbranched alkanes of at least 4 members (excludes halogenated alkanes) is 24. The van der Waals surface area contributed by atoms with E-state index in [-0.39, 0.29) is 25.7 Å². The number of aliphatic hydroxyl groups excluding tert-OH is 1. The quantitative estimate of drug-likeness (QED) is 0.0275. The Morgan fingerprint density at radius 1 is 0.630 bits per heavy atom. The molecule has 0 heterocycles. The van der Waals surface area contributed by atoms with Crippen molar-refractivity contribution in [2.24, 2.45) is 5.73 Å². The van der Waals surface area contributed by atoms with Crippen molar-refractivity contribution in [3.63, 3.8) is 0 Å². The van der Waals surface area contributed by atoms with Crippen molar-refractivity contribution in [1.82, 2.24) is 5.32 Å². The largest absolute Gasteiger partial charge is 0.472 e. The maximum atomic E-state index is 12.8. The number of rotatable bonds is 42. The average molecular weight is 783 g/mol. The molecule has 0 radical (unpaired) electrons. The fraction of sp³-hybridized carbons (Fsp3) is 0.844. The molecule has 0 spiro atoms. The van der Waals surface area contributed by atoms with Gasteiger partial charge in [-0.05, 0) is 44.9 Å². The molecule has 0 saturated carbocycles. The normalized spacial score (nSPS) is 14.4. The number of carbonyl (C=O) groups is 1. The van der Waals surface area contributed by atoms with Crippen LogP contribution in [0.4, 0.5) is 0 Å². The number of allylic oxidation sites excluding steroid dienone is 6. The summed E-state index contributed by atoms with van der Waals surface area (Å²) < 4.78 is 22.2. The number of phosphoric ester groups is 1. The van der Waals surface area contributed by atoms with Crippen LogP contribution in [0.25, 0.3) is 0 Å². The Bertz CT molecular complexity index is 943. The Morgan fingerprint density at radius 3 is 1.57 bits per heavy atom. The molecule has 0 fully saturated rings. The van der Waals surface area contributed by atoms with Crippen molar-refractivity contribution in [2.45, 2.75) is 225 Å². The first-order valence-corrected chi connectivity index (χ1v) is 24.1. The van der Waals surface area contributed by atoms with Crippen molar-refractivity contribution in [2.75, 3.05) is 19.8 Å². The minimum Gasteiger partial charge on any atom is -0.391 e. The van der Waals surface area contributed by atoms with Gasteiger partial charge in [0.05, 0.1) is 25.4 Å². The number of hydrogen-bond donors (Lipinski definition) is 4. The summed E-state index contributed by atoms with van der Waals surface area (Å²) in [5, 5.41) is 13.8. The van der Waals surface area contributed by atoms with E-state index >= 15 is 0 Å². The average Bonchev–Trinajstić information content (AvgIpc) is 3.16. The minimum absolute atomic E-state index is 0.0852. The molecule has 0 saturated heterocycles. The van der Waals surface area contributed by atoms with E-state index in [1.807, 2.05) is 0 Å². The molecule has 1 amide bonds. The molecule has 0 aromatic carbocycles. The molecule has 54 heavy (non-hydrogen) atoms. The number of nitrogens with two attached hydrogens (primary N) is 1. The van der Waals surface area contributed by atoms with Crippen molar-refractivity contribution in [3.8, 4) is 0 Å². The molecular weight excluding hydrogens is 695 g/mol. The van der Waals surface area contributed by atoms with E-state index < -0.39 is 20.0 Å². The lowest BCUT2D eigenvalue weighted by atomic mass is 10.0. The van der Waals surface area contributed by atoms with Gasteiger partial charge in [-0.25, -0.2) is 4.57 Å². The summed E-state index contributed by atoms with van der Waals surface area (Å²) in [6, 6.07) is -0.783. The highest BCUT2D eigenvalue weighted by molar-refractivity contribution is 7.47. The highest BCUT2D eigenvalue weighted by atomic mass is 31.2. The third kappa shape index (κ3) is 39.0. The Labute approximate surface area is 333 Å². The van der Waals surface area contributed by atoms with Gasteiger partial charge in [-0.1, -0.05) is 198 Å². The van der Waals surface area contributed by atoms with Crippen LogP contribution in [0, 0.1) is 0 Å². The summed E-state index contributed by atoms with van der Waals surface area (Å²) in [6.07, 6.45) is 48.7. The maximum absolute atomic E-state index is 12.8. The van der Waals surface area contributed by atoms with Crippen LogP contribution in [0.2, 0.25) is 0 Å². The van der Waals surface area contributed by atoms with Crippen LogP contribution in [-0.2, 0) is 18.4 Å². The number of phosphoric acid groups is 1. The fourth-order valence-corrected chi connectivity index (χ4v) is 7.38. The van der Waals surface area contributed by atoms with Gasteiger partial charge in [0, 0.05) is 13.0 Å². The molecule has 0 aliphatic carbocycles. The van der Waals surface area contributed by atoms with Gasteiger partial charge in [0.25, 0.3) is 0 Å². The molecule has 0 rings (SSSR count). The van der Waals surface area contributed by atoms with Crippen molar-refractivity contribution >= 4 is 13.7 Å². The molecule has 0 aromatic rings. The second kappa shape index (κ2) is 41.4. The summed E-state index contributed by atoms with van der Waals surface area (Å²) in [6.45, 7) is 4.09. The van der Waals surface area contributed by atoms with Crippen LogP contribution < -0.4 is 11.1 Å². The second-order valence-electron chi connectivity index (χ2n) is 15.2. The maximum Gasteiger partial charge on any atom is 0.472 e. The molecule has 0 aromatic heterocycles. The number of carbonyl (C=O) groups excluding carboxylic acids is 1. The standard InChI is InChI=1S/C45H87N2O6P/c1-3-5-7-9-11-13-15-17-19-20-21-22-23-25-26-28-30-32-34-36-38-44(48)43(42-53-54(50,51)52-41-40-46)47-45(49)39-37-35-33-31-29-27-24-18-16-14-12-10-8-6-4-2/h6,8,12,14,18,24,43-44,48H,3-5,7,9-11,13,15-17,19-23,25-42,46H2,1-2H3,(H,47,49)(H,50,51)/b8-6-,14-12-,24-18-. The molecule has 9 heteroatoms. The van der Waals surface area contributed by atoms with Gasteiger partial charge in [-0.15, -0.1) is 0 Å². The number of aliphatic hydroxyl groups is 1. The lowest BCUT2D eigenvalue weighted by Crippen LogP contribution is -2.46. The summed E-state index contributed by atoms with van der Waals surface area (Å²) in [5.41, 5.74) is 5.38. The predicted octanol–water partition coefficient (Wildman–Crippen LogP) is 12.7. The Hall–Kier alpha value is -1.28. The Balaban J connectivity index is 4.13. The highest BCUT2D eigenvalue weighted by Crippen LogP contribution is 2.43. The SMILES string of the molecule is CC/C=C\C/C=C\C/C=C\CCCCCCCC(=O)NC(COP(=O)(O)OCCN)C(O)CCCCCCCCCCCCCCCCCCCCCC. The van der Waals surface area contributed by atoms with Crippen LogP contribution in [0.15, 0.2) is 36.5 Å². The molecular formula is C45H87N2O6P. The molecule has 3 atom stereocenters. The van der Waals surface area contributed by atoms with Crippen molar-refractivity contribution in [1.29, 1.82) is 0 Å². The zero-order valence-electron chi connectivity index (χ0n) is 35.2.